The lowest BCUT2D eigenvalue weighted by Crippen LogP contribution is -2.30. The highest BCUT2D eigenvalue weighted by molar-refractivity contribution is 5.84. The van der Waals surface area contributed by atoms with Crippen molar-refractivity contribution < 1.29 is 9.53 Å². The molecule has 0 aliphatic carbocycles. The zero-order valence-electron chi connectivity index (χ0n) is 13.0. The molecular weight excluding hydrogens is 266 g/mol. The van der Waals surface area contributed by atoms with Gasteiger partial charge in [-0.1, -0.05) is 12.1 Å². The van der Waals surface area contributed by atoms with Crippen molar-refractivity contribution in [1.82, 2.24) is 10.6 Å². The monoisotopic (exact) mass is 291 g/mol. The fourth-order valence-corrected chi connectivity index (χ4v) is 2.22. The predicted octanol–water partition coefficient (Wildman–Crippen LogP) is 2.49. The van der Waals surface area contributed by atoms with Gasteiger partial charge in [-0.15, -0.1) is 0 Å². The molecule has 3 N–H and O–H groups in total. The third kappa shape index (κ3) is 5.73. The van der Waals surface area contributed by atoms with Gasteiger partial charge in [0.2, 0.25) is 0 Å². The van der Waals surface area contributed by atoms with Crippen LogP contribution in [-0.2, 0) is 11.3 Å². The molecular formula is C16H25N3O2. The van der Waals surface area contributed by atoms with E-state index in [-0.39, 0.29) is 0 Å². The third-order valence-electron chi connectivity index (χ3n) is 3.25. The first-order valence-electron chi connectivity index (χ1n) is 7.45. The van der Waals surface area contributed by atoms with Gasteiger partial charge < -0.3 is 15.4 Å². The van der Waals surface area contributed by atoms with Crippen LogP contribution in [0.25, 0.3) is 0 Å². The van der Waals surface area contributed by atoms with Crippen molar-refractivity contribution in [1.29, 1.82) is 0 Å². The van der Waals surface area contributed by atoms with Crippen LogP contribution in [-0.4, -0.2) is 30.8 Å². The van der Waals surface area contributed by atoms with Crippen molar-refractivity contribution in [3.05, 3.63) is 29.8 Å². The Morgan fingerprint density at radius 1 is 1.33 bits per heavy atom. The molecule has 1 aliphatic heterocycles. The molecule has 0 aromatic heterocycles. The van der Waals surface area contributed by atoms with Gasteiger partial charge in [0.15, 0.2) is 0 Å². The number of amides is 1. The van der Waals surface area contributed by atoms with E-state index in [0.29, 0.717) is 6.04 Å². The summed E-state index contributed by atoms with van der Waals surface area (Å²) in [6.45, 7) is 8.52. The standard InChI is InChI=1S/C16H25N3O2/c1-16(2,3)21-15(20)19-13-6-4-12(5-7-13)10-18-14-8-9-17-11-14/h4-7,14,17-18H,8-11H2,1-3H3,(H,19,20). The summed E-state index contributed by atoms with van der Waals surface area (Å²) in [4.78, 5) is 11.7. The lowest BCUT2D eigenvalue weighted by atomic mass is 10.2. The number of carbonyl (C=O) groups is 1. The smallest absolute Gasteiger partial charge is 0.412 e. The van der Waals surface area contributed by atoms with Crippen LogP contribution in [0.3, 0.4) is 0 Å². The summed E-state index contributed by atoms with van der Waals surface area (Å²) in [5.74, 6) is 0. The van der Waals surface area contributed by atoms with Crippen LogP contribution in [0.2, 0.25) is 0 Å². The Morgan fingerprint density at radius 2 is 2.05 bits per heavy atom. The van der Waals surface area contributed by atoms with E-state index >= 15 is 0 Å². The first-order valence-corrected chi connectivity index (χ1v) is 7.45. The Kier molecular flexibility index (Phi) is 5.20. The molecule has 0 bridgehead atoms. The molecule has 1 fully saturated rings. The van der Waals surface area contributed by atoms with Gasteiger partial charge in [-0.05, 0) is 51.4 Å². The van der Waals surface area contributed by atoms with E-state index < -0.39 is 11.7 Å². The molecule has 1 unspecified atom stereocenters. The average Bonchev–Trinajstić information content (AvgIpc) is 2.89. The van der Waals surface area contributed by atoms with Crippen LogP contribution in [0.4, 0.5) is 10.5 Å². The molecule has 1 atom stereocenters. The van der Waals surface area contributed by atoms with E-state index in [1.807, 2.05) is 45.0 Å². The number of rotatable bonds is 4. The SMILES string of the molecule is CC(C)(C)OC(=O)Nc1ccc(CNC2CCNC2)cc1. The molecule has 5 heteroatoms. The summed E-state index contributed by atoms with van der Waals surface area (Å²) < 4.78 is 5.22. The Hall–Kier alpha value is -1.59. The summed E-state index contributed by atoms with van der Waals surface area (Å²) in [5, 5.41) is 9.58. The molecule has 0 saturated carbocycles. The fourth-order valence-electron chi connectivity index (χ4n) is 2.22. The first-order chi connectivity index (χ1) is 9.92. The molecule has 1 heterocycles. The second kappa shape index (κ2) is 6.91. The second-order valence-electron chi connectivity index (χ2n) is 6.39. The summed E-state index contributed by atoms with van der Waals surface area (Å²) >= 11 is 0. The molecule has 5 nitrogen and oxygen atoms in total. The molecule has 1 aromatic carbocycles. The van der Waals surface area contributed by atoms with Crippen molar-refractivity contribution in [2.75, 3.05) is 18.4 Å². The molecule has 0 spiro atoms. The van der Waals surface area contributed by atoms with Gasteiger partial charge in [-0.2, -0.15) is 0 Å². The van der Waals surface area contributed by atoms with Gasteiger partial charge in [0, 0.05) is 24.8 Å². The van der Waals surface area contributed by atoms with E-state index in [4.69, 9.17) is 4.74 Å². The number of hydrogen-bond donors (Lipinski definition) is 3. The molecule has 116 valence electrons. The van der Waals surface area contributed by atoms with Crippen molar-refractivity contribution in [2.24, 2.45) is 0 Å². The minimum absolute atomic E-state index is 0.426. The van der Waals surface area contributed by atoms with E-state index in [2.05, 4.69) is 16.0 Å². The predicted molar refractivity (Wildman–Crippen MR) is 84.4 cm³/mol. The van der Waals surface area contributed by atoms with Gasteiger partial charge in [0.25, 0.3) is 0 Å². The summed E-state index contributed by atoms with van der Waals surface area (Å²) in [7, 11) is 0. The van der Waals surface area contributed by atoms with Crippen LogP contribution in [0.15, 0.2) is 24.3 Å². The van der Waals surface area contributed by atoms with Gasteiger partial charge in [-0.25, -0.2) is 4.79 Å². The zero-order chi connectivity index (χ0) is 15.3. The van der Waals surface area contributed by atoms with Crippen LogP contribution in [0, 0.1) is 0 Å². The lowest BCUT2D eigenvalue weighted by Gasteiger charge is -2.19. The van der Waals surface area contributed by atoms with E-state index in [1.165, 1.54) is 12.0 Å². The molecule has 1 aromatic rings. The molecule has 21 heavy (non-hydrogen) atoms. The van der Waals surface area contributed by atoms with Crippen LogP contribution in [0.5, 0.6) is 0 Å². The van der Waals surface area contributed by atoms with Gasteiger partial charge in [0.05, 0.1) is 0 Å². The molecule has 1 amide bonds. The number of anilines is 1. The minimum Gasteiger partial charge on any atom is -0.444 e. The van der Waals surface area contributed by atoms with Crippen LogP contribution < -0.4 is 16.0 Å². The Morgan fingerprint density at radius 3 is 2.62 bits per heavy atom. The quantitative estimate of drug-likeness (QED) is 0.797. The average molecular weight is 291 g/mol. The highest BCUT2D eigenvalue weighted by Gasteiger charge is 2.16. The number of nitrogens with one attached hydrogen (secondary N) is 3. The molecule has 0 radical (unpaired) electrons. The lowest BCUT2D eigenvalue weighted by molar-refractivity contribution is 0.0636. The molecule has 1 aliphatic rings. The number of ether oxygens (including phenoxy) is 1. The van der Waals surface area contributed by atoms with Crippen molar-refractivity contribution in [3.8, 4) is 0 Å². The third-order valence-corrected chi connectivity index (χ3v) is 3.25. The van der Waals surface area contributed by atoms with Crippen LogP contribution >= 0.6 is 0 Å². The highest BCUT2D eigenvalue weighted by Crippen LogP contribution is 2.13. The van der Waals surface area contributed by atoms with Gasteiger partial charge in [0.1, 0.15) is 5.60 Å². The van der Waals surface area contributed by atoms with Crippen molar-refractivity contribution in [3.63, 3.8) is 0 Å². The van der Waals surface area contributed by atoms with Gasteiger partial charge >= 0.3 is 6.09 Å². The number of benzene rings is 1. The Bertz CT molecular complexity index is 459. The van der Waals surface area contributed by atoms with E-state index in [1.54, 1.807) is 0 Å². The Balaban J connectivity index is 1.79. The zero-order valence-corrected chi connectivity index (χ0v) is 13.0. The summed E-state index contributed by atoms with van der Waals surface area (Å²) in [5.41, 5.74) is 1.47. The maximum Gasteiger partial charge on any atom is 0.412 e. The van der Waals surface area contributed by atoms with Crippen LogP contribution in [0.1, 0.15) is 32.8 Å². The Labute approximate surface area is 126 Å². The second-order valence-corrected chi connectivity index (χ2v) is 6.39. The number of hydrogen-bond acceptors (Lipinski definition) is 4. The van der Waals surface area contributed by atoms with Gasteiger partial charge in [-0.3, -0.25) is 5.32 Å². The molecule has 1 saturated heterocycles. The maximum atomic E-state index is 11.7. The van der Waals surface area contributed by atoms with E-state index in [9.17, 15) is 4.79 Å². The topological polar surface area (TPSA) is 62.4 Å². The largest absolute Gasteiger partial charge is 0.444 e. The molecule has 2 rings (SSSR count). The van der Waals surface area contributed by atoms with Crippen molar-refractivity contribution in [2.45, 2.75) is 45.4 Å². The normalized spacial score (nSPS) is 18.5. The highest BCUT2D eigenvalue weighted by atomic mass is 16.6. The maximum absolute atomic E-state index is 11.7. The summed E-state index contributed by atoms with van der Waals surface area (Å²) in [6.07, 6.45) is 0.753. The number of carbonyl (C=O) groups excluding carboxylic acids is 1. The fraction of sp³-hybridized carbons (Fsp3) is 0.562. The van der Waals surface area contributed by atoms with E-state index in [0.717, 1.165) is 25.3 Å². The minimum atomic E-state index is -0.483. The first kappa shape index (κ1) is 15.8. The van der Waals surface area contributed by atoms with Crippen molar-refractivity contribution >= 4 is 11.8 Å². The summed E-state index contributed by atoms with van der Waals surface area (Å²) in [6, 6.07) is 8.39.